The first-order valence-electron chi connectivity index (χ1n) is 10.0. The number of pyridine rings is 1. The Bertz CT molecular complexity index is 1200. The lowest BCUT2D eigenvalue weighted by molar-refractivity contribution is -0.131. The summed E-state index contributed by atoms with van der Waals surface area (Å²) in [4.78, 5) is 30.5. The number of nitrogens with zero attached hydrogens (tertiary/aromatic N) is 2. The summed E-state index contributed by atoms with van der Waals surface area (Å²) in [6.45, 7) is 0.0526. The molecule has 3 aromatic rings. The van der Waals surface area contributed by atoms with Crippen molar-refractivity contribution in [1.82, 2.24) is 15.2 Å². The number of rotatable bonds is 3. The second-order valence-electron chi connectivity index (χ2n) is 7.77. The third kappa shape index (κ3) is 3.58. The molecule has 1 saturated heterocycles. The van der Waals surface area contributed by atoms with E-state index in [1.54, 1.807) is 30.3 Å². The summed E-state index contributed by atoms with van der Waals surface area (Å²) in [6.07, 6.45) is -2.03. The van der Waals surface area contributed by atoms with E-state index < -0.39 is 24.4 Å². The molecule has 0 unspecified atom stereocenters. The average molecular weight is 423 g/mol. The molecule has 0 bridgehead atoms. The van der Waals surface area contributed by atoms with Crippen LogP contribution in [0.15, 0.2) is 54.6 Å². The lowest BCUT2D eigenvalue weighted by Crippen LogP contribution is -2.55. The van der Waals surface area contributed by atoms with Gasteiger partial charge in [0.15, 0.2) is 6.10 Å². The maximum Gasteiger partial charge on any atom is 0.287 e. The third-order valence-corrected chi connectivity index (χ3v) is 5.74. The fraction of sp³-hybridized carbons (Fsp3) is 0.261. The molecule has 0 spiro atoms. The number of likely N-dealkylation sites (tertiary alicyclic amines) is 1. The van der Waals surface area contributed by atoms with E-state index >= 15 is 0 Å². The Hall–Kier alpha value is -3.55. The minimum absolute atomic E-state index is 0.0897. The molecule has 0 aliphatic carbocycles. The van der Waals surface area contributed by atoms with Crippen LogP contribution in [0.1, 0.15) is 32.7 Å². The minimum Gasteiger partial charge on any atom is -0.466 e. The second kappa shape index (κ2) is 7.30. The van der Waals surface area contributed by atoms with Gasteiger partial charge in [-0.15, -0.1) is 0 Å². The molecule has 1 aromatic heterocycles. The number of alkyl halides is 2. The fourth-order valence-electron chi connectivity index (χ4n) is 3.96. The Labute approximate surface area is 176 Å². The smallest absolute Gasteiger partial charge is 0.287 e. The number of hydrogen-bond acceptors (Lipinski definition) is 4. The third-order valence-electron chi connectivity index (χ3n) is 5.74. The molecule has 8 heteroatoms. The first kappa shape index (κ1) is 19.4. The molecule has 0 saturated carbocycles. The number of carbonyl (C=O) groups is 2. The minimum atomic E-state index is -3.10. The second-order valence-corrected chi connectivity index (χ2v) is 7.77. The number of ether oxygens (including phenoxy) is 1. The van der Waals surface area contributed by atoms with E-state index in [0.29, 0.717) is 23.2 Å². The summed E-state index contributed by atoms with van der Waals surface area (Å²) in [5.41, 5.74) is 2.20. The highest BCUT2D eigenvalue weighted by Gasteiger charge is 2.47. The van der Waals surface area contributed by atoms with Gasteiger partial charge in [-0.3, -0.25) is 9.59 Å². The molecule has 2 aliphatic rings. The van der Waals surface area contributed by atoms with Gasteiger partial charge in [-0.2, -0.15) is 0 Å². The fourth-order valence-corrected chi connectivity index (χ4v) is 3.96. The van der Waals surface area contributed by atoms with Crippen LogP contribution in [0.3, 0.4) is 0 Å². The van der Waals surface area contributed by atoms with Crippen molar-refractivity contribution in [3.63, 3.8) is 0 Å². The molecule has 5 rings (SSSR count). The van der Waals surface area contributed by atoms with Crippen LogP contribution in [0.4, 0.5) is 8.78 Å². The summed E-state index contributed by atoms with van der Waals surface area (Å²) < 4.78 is 34.8. The SMILES string of the molecule is O=C1NCc2ccc(C(=O)N3CCC(F)(F)[C@@H](Oc4ccc5ccccc5n4)C3)cc21. The number of benzene rings is 2. The monoisotopic (exact) mass is 423 g/mol. The van der Waals surface area contributed by atoms with E-state index in [2.05, 4.69) is 10.3 Å². The zero-order valence-corrected chi connectivity index (χ0v) is 16.5. The molecule has 1 atom stereocenters. The van der Waals surface area contributed by atoms with E-state index in [1.807, 2.05) is 18.2 Å². The predicted octanol–water partition coefficient (Wildman–Crippen LogP) is 3.41. The number of carbonyl (C=O) groups excluding carboxylic acids is 2. The number of aromatic nitrogens is 1. The number of piperidine rings is 1. The van der Waals surface area contributed by atoms with Crippen LogP contribution in [0.5, 0.6) is 5.88 Å². The summed E-state index contributed by atoms with van der Waals surface area (Å²) in [6, 6.07) is 15.5. The summed E-state index contributed by atoms with van der Waals surface area (Å²) in [7, 11) is 0. The lowest BCUT2D eigenvalue weighted by Gasteiger charge is -2.38. The summed E-state index contributed by atoms with van der Waals surface area (Å²) in [5, 5.41) is 3.58. The average Bonchev–Trinajstić information content (AvgIpc) is 3.15. The Balaban J connectivity index is 1.36. The molecule has 3 heterocycles. The Morgan fingerprint density at radius 3 is 2.87 bits per heavy atom. The van der Waals surface area contributed by atoms with Crippen LogP contribution in [0.2, 0.25) is 0 Å². The van der Waals surface area contributed by atoms with Crippen molar-refractivity contribution in [2.75, 3.05) is 13.1 Å². The normalized spacial score (nSPS) is 19.7. The van der Waals surface area contributed by atoms with E-state index in [0.717, 1.165) is 10.9 Å². The molecule has 1 fully saturated rings. The predicted molar refractivity (Wildman–Crippen MR) is 109 cm³/mol. The maximum atomic E-state index is 14.6. The molecule has 2 aromatic carbocycles. The number of amides is 2. The van der Waals surface area contributed by atoms with Crippen LogP contribution >= 0.6 is 0 Å². The van der Waals surface area contributed by atoms with Gasteiger partial charge in [-0.25, -0.2) is 13.8 Å². The van der Waals surface area contributed by atoms with Crippen molar-refractivity contribution in [3.05, 3.63) is 71.3 Å². The number of nitrogens with one attached hydrogen (secondary N) is 1. The Morgan fingerprint density at radius 1 is 1.16 bits per heavy atom. The van der Waals surface area contributed by atoms with Gasteiger partial charge in [-0.1, -0.05) is 24.3 Å². The van der Waals surface area contributed by atoms with Crippen molar-refractivity contribution in [3.8, 4) is 5.88 Å². The van der Waals surface area contributed by atoms with Gasteiger partial charge >= 0.3 is 0 Å². The van der Waals surface area contributed by atoms with Crippen LogP contribution in [-0.4, -0.2) is 46.8 Å². The van der Waals surface area contributed by atoms with E-state index in [9.17, 15) is 18.4 Å². The lowest BCUT2D eigenvalue weighted by atomic mass is 10.0. The number of halogens is 2. The summed E-state index contributed by atoms with van der Waals surface area (Å²) >= 11 is 0. The summed E-state index contributed by atoms with van der Waals surface area (Å²) in [5.74, 6) is -3.65. The van der Waals surface area contributed by atoms with Gasteiger partial charge in [0.25, 0.3) is 17.7 Å². The number of fused-ring (bicyclic) bond motifs is 2. The number of hydrogen-bond donors (Lipinski definition) is 1. The topological polar surface area (TPSA) is 71.5 Å². The van der Waals surface area contributed by atoms with Gasteiger partial charge in [0.1, 0.15) is 0 Å². The first-order chi connectivity index (χ1) is 14.9. The zero-order chi connectivity index (χ0) is 21.6. The number of para-hydroxylation sites is 1. The van der Waals surface area contributed by atoms with Crippen LogP contribution < -0.4 is 10.1 Å². The first-order valence-corrected chi connectivity index (χ1v) is 10.0. The molecular weight excluding hydrogens is 404 g/mol. The van der Waals surface area contributed by atoms with E-state index in [4.69, 9.17) is 4.74 Å². The largest absolute Gasteiger partial charge is 0.466 e. The zero-order valence-electron chi connectivity index (χ0n) is 16.5. The van der Waals surface area contributed by atoms with Crippen LogP contribution in [-0.2, 0) is 6.54 Å². The molecule has 31 heavy (non-hydrogen) atoms. The van der Waals surface area contributed by atoms with Crippen LogP contribution in [0.25, 0.3) is 10.9 Å². The molecule has 0 radical (unpaired) electrons. The van der Waals surface area contributed by atoms with Gasteiger partial charge in [-0.05, 0) is 29.8 Å². The van der Waals surface area contributed by atoms with Crippen LogP contribution in [0, 0.1) is 0 Å². The standard InChI is InChI=1S/C23H19F2N3O3/c24-23(25)9-10-28(22(30)15-5-6-16-12-26-21(29)17(16)11-15)13-19(23)31-20-8-7-14-3-1-2-4-18(14)27-20/h1-8,11,19H,9-10,12-13H2,(H,26,29)/t19-/m0/s1. The van der Waals surface area contributed by atoms with Gasteiger partial charge in [0.2, 0.25) is 5.88 Å². The van der Waals surface area contributed by atoms with Crippen molar-refractivity contribution >= 4 is 22.7 Å². The van der Waals surface area contributed by atoms with E-state index in [-0.39, 0.29) is 24.9 Å². The molecule has 158 valence electrons. The van der Waals surface area contributed by atoms with Gasteiger partial charge in [0.05, 0.1) is 12.1 Å². The van der Waals surface area contributed by atoms with E-state index in [1.165, 1.54) is 11.0 Å². The van der Waals surface area contributed by atoms with Gasteiger partial charge in [0, 0.05) is 42.1 Å². The Morgan fingerprint density at radius 2 is 2.00 bits per heavy atom. The molecule has 2 amide bonds. The van der Waals surface area contributed by atoms with Crippen molar-refractivity contribution in [2.45, 2.75) is 25.0 Å². The van der Waals surface area contributed by atoms with Crippen molar-refractivity contribution < 1.29 is 23.1 Å². The molecule has 1 N–H and O–H groups in total. The van der Waals surface area contributed by atoms with Gasteiger partial charge < -0.3 is 15.0 Å². The van der Waals surface area contributed by atoms with Crippen molar-refractivity contribution in [2.24, 2.45) is 0 Å². The molecular formula is C23H19F2N3O3. The highest BCUT2D eigenvalue weighted by Crippen LogP contribution is 2.32. The van der Waals surface area contributed by atoms with Crippen molar-refractivity contribution in [1.29, 1.82) is 0 Å². The molecule has 6 nitrogen and oxygen atoms in total. The Kier molecular flexibility index (Phi) is 4.57. The molecule has 2 aliphatic heterocycles. The highest BCUT2D eigenvalue weighted by atomic mass is 19.3. The highest BCUT2D eigenvalue weighted by molar-refractivity contribution is 6.02. The quantitative estimate of drug-likeness (QED) is 0.701. The maximum absolute atomic E-state index is 14.6.